The third-order valence-corrected chi connectivity index (χ3v) is 2.85. The van der Waals surface area contributed by atoms with Crippen LogP contribution in [-0.2, 0) is 6.42 Å². The van der Waals surface area contributed by atoms with Crippen LogP contribution < -0.4 is 11.1 Å². The topological polar surface area (TPSA) is 38.0 Å². The largest absolute Gasteiger partial charge is 0.329 e. The van der Waals surface area contributed by atoms with E-state index in [1.807, 2.05) is 12.1 Å². The van der Waals surface area contributed by atoms with Crippen molar-refractivity contribution < 1.29 is 0 Å². The van der Waals surface area contributed by atoms with E-state index in [0.717, 1.165) is 28.6 Å². The van der Waals surface area contributed by atoms with E-state index in [0.29, 0.717) is 12.6 Å². The van der Waals surface area contributed by atoms with E-state index in [2.05, 4.69) is 12.2 Å². The monoisotopic (exact) mass is 246 g/mol. The molecule has 1 aromatic rings. The maximum absolute atomic E-state index is 6.03. The number of rotatable bonds is 5. The van der Waals surface area contributed by atoms with E-state index in [4.69, 9.17) is 28.9 Å². The maximum Gasteiger partial charge on any atom is 0.0439 e. The zero-order valence-electron chi connectivity index (χ0n) is 8.76. The minimum absolute atomic E-state index is 0.336. The fraction of sp³-hybridized carbons (Fsp3) is 0.455. The van der Waals surface area contributed by atoms with Gasteiger partial charge in [0.25, 0.3) is 0 Å². The highest BCUT2D eigenvalue weighted by molar-refractivity contribution is 6.33. The first-order valence-corrected chi connectivity index (χ1v) is 5.76. The minimum Gasteiger partial charge on any atom is -0.329 e. The molecule has 0 saturated heterocycles. The van der Waals surface area contributed by atoms with Crippen molar-refractivity contribution in [2.45, 2.75) is 19.4 Å². The Kier molecular flexibility index (Phi) is 5.40. The molecule has 0 saturated carbocycles. The molecule has 0 spiro atoms. The molecule has 84 valence electrons. The van der Waals surface area contributed by atoms with E-state index in [1.54, 1.807) is 6.07 Å². The molecule has 4 heteroatoms. The second kappa shape index (κ2) is 6.33. The summed E-state index contributed by atoms with van der Waals surface area (Å²) in [5, 5.41) is 4.79. The fourth-order valence-corrected chi connectivity index (χ4v) is 1.68. The summed E-state index contributed by atoms with van der Waals surface area (Å²) in [7, 11) is 0. The van der Waals surface area contributed by atoms with Crippen LogP contribution in [0, 0.1) is 0 Å². The van der Waals surface area contributed by atoms with Crippen LogP contribution in [-0.4, -0.2) is 19.1 Å². The molecule has 1 atom stereocenters. The molecular formula is C11H16Cl2N2. The third kappa shape index (κ3) is 4.39. The van der Waals surface area contributed by atoms with E-state index in [1.165, 1.54) is 0 Å². The van der Waals surface area contributed by atoms with Gasteiger partial charge in [-0.3, -0.25) is 0 Å². The first-order valence-electron chi connectivity index (χ1n) is 5.01. The van der Waals surface area contributed by atoms with E-state index >= 15 is 0 Å². The predicted molar refractivity (Wildman–Crippen MR) is 66.7 cm³/mol. The van der Waals surface area contributed by atoms with Crippen molar-refractivity contribution in [3.05, 3.63) is 33.8 Å². The Bertz CT molecular complexity index is 315. The average Bonchev–Trinajstić information content (AvgIpc) is 2.23. The smallest absolute Gasteiger partial charge is 0.0439 e. The number of nitrogens with one attached hydrogen (secondary N) is 1. The second-order valence-corrected chi connectivity index (χ2v) is 4.42. The number of hydrogen-bond acceptors (Lipinski definition) is 2. The van der Waals surface area contributed by atoms with Crippen LogP contribution >= 0.6 is 23.2 Å². The summed E-state index contributed by atoms with van der Waals surface area (Å²) in [6.07, 6.45) is 0.865. The Morgan fingerprint density at radius 1 is 1.40 bits per heavy atom. The molecule has 0 radical (unpaired) electrons. The van der Waals surface area contributed by atoms with Gasteiger partial charge in [0.15, 0.2) is 0 Å². The number of benzene rings is 1. The van der Waals surface area contributed by atoms with Gasteiger partial charge in [-0.05, 0) is 43.7 Å². The highest BCUT2D eigenvalue weighted by Crippen LogP contribution is 2.20. The summed E-state index contributed by atoms with van der Waals surface area (Å²) in [6.45, 7) is 3.56. The van der Waals surface area contributed by atoms with E-state index in [-0.39, 0.29) is 0 Å². The molecule has 0 heterocycles. The molecule has 0 fully saturated rings. The SMILES string of the molecule is CC(CN)NCCc1cc(Cl)ccc1Cl. The summed E-state index contributed by atoms with van der Waals surface area (Å²) in [4.78, 5) is 0. The predicted octanol–water partition coefficient (Wildman–Crippen LogP) is 2.47. The summed E-state index contributed by atoms with van der Waals surface area (Å²) in [5.41, 5.74) is 6.57. The second-order valence-electron chi connectivity index (χ2n) is 3.58. The molecule has 0 aromatic heterocycles. The molecular weight excluding hydrogens is 231 g/mol. The molecule has 0 amide bonds. The summed E-state index contributed by atoms with van der Waals surface area (Å²) in [6, 6.07) is 5.86. The van der Waals surface area contributed by atoms with Gasteiger partial charge in [-0.2, -0.15) is 0 Å². The standard InChI is InChI=1S/C11H16Cl2N2/c1-8(7-14)15-5-4-9-6-10(12)2-3-11(9)13/h2-3,6,8,15H,4-5,7,14H2,1H3. The van der Waals surface area contributed by atoms with Crippen molar-refractivity contribution in [2.24, 2.45) is 5.73 Å². The molecule has 0 aliphatic carbocycles. The van der Waals surface area contributed by atoms with Gasteiger partial charge in [0.1, 0.15) is 0 Å². The van der Waals surface area contributed by atoms with Gasteiger partial charge in [0.05, 0.1) is 0 Å². The van der Waals surface area contributed by atoms with Crippen molar-refractivity contribution in [3.63, 3.8) is 0 Å². The van der Waals surface area contributed by atoms with Gasteiger partial charge in [0, 0.05) is 22.6 Å². The van der Waals surface area contributed by atoms with Crippen LogP contribution in [0.3, 0.4) is 0 Å². The fourth-order valence-electron chi connectivity index (χ4n) is 1.27. The normalized spacial score (nSPS) is 12.8. The lowest BCUT2D eigenvalue weighted by Crippen LogP contribution is -2.34. The van der Waals surface area contributed by atoms with Gasteiger partial charge in [0.2, 0.25) is 0 Å². The van der Waals surface area contributed by atoms with Gasteiger partial charge >= 0.3 is 0 Å². The third-order valence-electron chi connectivity index (χ3n) is 2.25. The Labute approximate surface area is 101 Å². The van der Waals surface area contributed by atoms with Crippen LogP contribution in [0.2, 0.25) is 10.0 Å². The first kappa shape index (κ1) is 12.8. The first-order chi connectivity index (χ1) is 7.13. The molecule has 0 bridgehead atoms. The van der Waals surface area contributed by atoms with Crippen LogP contribution in [0.1, 0.15) is 12.5 Å². The lowest BCUT2D eigenvalue weighted by Gasteiger charge is -2.11. The summed E-state index contributed by atoms with van der Waals surface area (Å²) in [5.74, 6) is 0. The Morgan fingerprint density at radius 3 is 2.80 bits per heavy atom. The molecule has 0 aliphatic rings. The lowest BCUT2D eigenvalue weighted by atomic mass is 10.1. The molecule has 3 N–H and O–H groups in total. The number of hydrogen-bond donors (Lipinski definition) is 2. The minimum atomic E-state index is 0.336. The van der Waals surface area contributed by atoms with Crippen molar-refractivity contribution in [3.8, 4) is 0 Å². The molecule has 1 rings (SSSR count). The Morgan fingerprint density at radius 2 is 2.13 bits per heavy atom. The van der Waals surface area contributed by atoms with Crippen molar-refractivity contribution in [2.75, 3.05) is 13.1 Å². The Hall–Kier alpha value is -0.280. The maximum atomic E-state index is 6.03. The van der Waals surface area contributed by atoms with Gasteiger partial charge < -0.3 is 11.1 Å². The summed E-state index contributed by atoms with van der Waals surface area (Å²) >= 11 is 11.9. The van der Waals surface area contributed by atoms with Crippen LogP contribution in [0.5, 0.6) is 0 Å². The molecule has 2 nitrogen and oxygen atoms in total. The average molecular weight is 247 g/mol. The molecule has 1 unspecified atom stereocenters. The van der Waals surface area contributed by atoms with Gasteiger partial charge in [-0.1, -0.05) is 23.2 Å². The van der Waals surface area contributed by atoms with Crippen LogP contribution in [0.4, 0.5) is 0 Å². The zero-order valence-corrected chi connectivity index (χ0v) is 10.3. The van der Waals surface area contributed by atoms with Gasteiger partial charge in [-0.25, -0.2) is 0 Å². The molecule has 1 aromatic carbocycles. The van der Waals surface area contributed by atoms with Crippen molar-refractivity contribution >= 4 is 23.2 Å². The van der Waals surface area contributed by atoms with Crippen molar-refractivity contribution in [1.82, 2.24) is 5.32 Å². The number of nitrogens with two attached hydrogens (primary N) is 1. The van der Waals surface area contributed by atoms with Gasteiger partial charge in [-0.15, -0.1) is 0 Å². The van der Waals surface area contributed by atoms with Crippen LogP contribution in [0.15, 0.2) is 18.2 Å². The summed E-state index contributed by atoms with van der Waals surface area (Å²) < 4.78 is 0. The quantitative estimate of drug-likeness (QED) is 0.838. The molecule has 0 aliphatic heterocycles. The number of halogens is 2. The Balaban J connectivity index is 2.46. The molecule has 15 heavy (non-hydrogen) atoms. The van der Waals surface area contributed by atoms with E-state index in [9.17, 15) is 0 Å². The zero-order chi connectivity index (χ0) is 11.3. The van der Waals surface area contributed by atoms with Crippen LogP contribution in [0.25, 0.3) is 0 Å². The van der Waals surface area contributed by atoms with Crippen molar-refractivity contribution in [1.29, 1.82) is 0 Å². The highest BCUT2D eigenvalue weighted by Gasteiger charge is 2.02. The lowest BCUT2D eigenvalue weighted by molar-refractivity contribution is 0.559. The highest BCUT2D eigenvalue weighted by atomic mass is 35.5. The van der Waals surface area contributed by atoms with E-state index < -0.39 is 0 Å².